The van der Waals surface area contributed by atoms with Gasteiger partial charge in [-0.05, 0) is 12.1 Å². The second kappa shape index (κ2) is 7.18. The number of amides is 1. The van der Waals surface area contributed by atoms with Crippen molar-refractivity contribution in [2.24, 2.45) is 0 Å². The molecular weight excluding hydrogens is 347 g/mol. The Morgan fingerprint density at radius 3 is 2.81 bits per heavy atom. The molecule has 3 rings (SSSR count). The van der Waals surface area contributed by atoms with E-state index in [1.54, 1.807) is 6.07 Å². The van der Waals surface area contributed by atoms with Crippen LogP contribution in [0.25, 0.3) is 0 Å². The number of benzene rings is 2. The highest BCUT2D eigenvalue weighted by Crippen LogP contribution is 2.35. The maximum absolute atomic E-state index is 13.5. The summed E-state index contributed by atoms with van der Waals surface area (Å²) in [4.78, 5) is 35.5. The van der Waals surface area contributed by atoms with E-state index in [1.807, 2.05) is 0 Å². The van der Waals surface area contributed by atoms with E-state index in [2.05, 4.69) is 0 Å². The molecule has 2 aromatic carbocycles. The van der Waals surface area contributed by atoms with Crippen molar-refractivity contribution in [2.45, 2.75) is 6.61 Å². The van der Waals surface area contributed by atoms with Crippen LogP contribution in [0.1, 0.15) is 5.56 Å². The zero-order valence-corrected chi connectivity index (χ0v) is 13.4. The molecule has 0 fully saturated rings. The molecule has 26 heavy (non-hydrogen) atoms. The predicted molar refractivity (Wildman–Crippen MR) is 87.1 cm³/mol. The molecule has 0 aliphatic carbocycles. The molecule has 0 radical (unpaired) electrons. The fourth-order valence-electron chi connectivity index (χ4n) is 2.43. The van der Waals surface area contributed by atoms with Crippen LogP contribution in [0.2, 0.25) is 0 Å². The van der Waals surface area contributed by atoms with Crippen molar-refractivity contribution in [3.8, 4) is 5.75 Å². The van der Waals surface area contributed by atoms with Gasteiger partial charge in [-0.25, -0.2) is 4.39 Å². The van der Waals surface area contributed by atoms with Crippen molar-refractivity contribution in [1.29, 1.82) is 0 Å². The van der Waals surface area contributed by atoms with Crippen molar-refractivity contribution in [3.63, 3.8) is 0 Å². The van der Waals surface area contributed by atoms with Gasteiger partial charge in [0.25, 0.3) is 11.6 Å². The Morgan fingerprint density at radius 2 is 2.08 bits per heavy atom. The molecule has 0 atom stereocenters. The van der Waals surface area contributed by atoms with E-state index in [9.17, 15) is 24.1 Å². The number of nitro groups is 1. The maximum atomic E-state index is 13.5. The highest BCUT2D eigenvalue weighted by molar-refractivity contribution is 6.01. The summed E-state index contributed by atoms with van der Waals surface area (Å²) in [6.07, 6.45) is 0. The minimum atomic E-state index is -0.777. The molecule has 8 nitrogen and oxygen atoms in total. The second-order valence-electron chi connectivity index (χ2n) is 5.43. The standard InChI is InChI=1S/C17H13FN2O6/c18-13-4-2-1-3-11(13)9-26-17(22)8-19-14-7-12(20(23)24)5-6-15(14)25-10-16(19)21/h1-7H,8-10H2. The molecule has 0 saturated carbocycles. The van der Waals surface area contributed by atoms with Crippen LogP contribution >= 0.6 is 0 Å². The Balaban J connectivity index is 1.74. The van der Waals surface area contributed by atoms with E-state index in [-0.39, 0.29) is 35.9 Å². The molecule has 9 heteroatoms. The largest absolute Gasteiger partial charge is 0.482 e. The van der Waals surface area contributed by atoms with Gasteiger partial charge in [-0.3, -0.25) is 24.6 Å². The van der Waals surface area contributed by atoms with Crippen LogP contribution in [-0.2, 0) is 20.9 Å². The molecule has 1 amide bonds. The summed E-state index contributed by atoms with van der Waals surface area (Å²) in [6.45, 7) is -1.05. The fraction of sp³-hybridized carbons (Fsp3) is 0.176. The third kappa shape index (κ3) is 3.61. The highest BCUT2D eigenvalue weighted by atomic mass is 19.1. The first kappa shape index (κ1) is 17.3. The maximum Gasteiger partial charge on any atom is 0.326 e. The fourth-order valence-corrected chi connectivity index (χ4v) is 2.43. The Labute approximate surface area is 146 Å². The first-order valence-electron chi connectivity index (χ1n) is 7.56. The monoisotopic (exact) mass is 360 g/mol. The topological polar surface area (TPSA) is 99.0 Å². The van der Waals surface area contributed by atoms with Crippen LogP contribution in [0.4, 0.5) is 15.8 Å². The summed E-state index contributed by atoms with van der Waals surface area (Å²) in [5.41, 5.74) is 0.0651. The number of hydrogen-bond acceptors (Lipinski definition) is 6. The molecule has 1 heterocycles. The summed E-state index contributed by atoms with van der Waals surface area (Å²) in [5, 5.41) is 10.9. The minimum absolute atomic E-state index is 0.110. The Kier molecular flexibility index (Phi) is 4.78. The summed E-state index contributed by atoms with van der Waals surface area (Å²) in [5.74, 6) is -1.58. The van der Waals surface area contributed by atoms with Gasteiger partial charge in [0.2, 0.25) is 0 Å². The molecule has 134 valence electrons. The number of anilines is 1. The number of carbonyl (C=O) groups excluding carboxylic acids is 2. The van der Waals surface area contributed by atoms with E-state index < -0.39 is 29.2 Å². The number of fused-ring (bicyclic) bond motifs is 1. The summed E-state index contributed by atoms with van der Waals surface area (Å²) in [7, 11) is 0. The summed E-state index contributed by atoms with van der Waals surface area (Å²) >= 11 is 0. The number of carbonyl (C=O) groups is 2. The molecule has 0 aromatic heterocycles. The number of hydrogen-bond donors (Lipinski definition) is 0. The molecule has 0 N–H and O–H groups in total. The first-order valence-corrected chi connectivity index (χ1v) is 7.56. The molecule has 0 bridgehead atoms. The van der Waals surface area contributed by atoms with Crippen molar-refractivity contribution in [3.05, 3.63) is 64.0 Å². The van der Waals surface area contributed by atoms with Gasteiger partial charge >= 0.3 is 5.97 Å². The lowest BCUT2D eigenvalue weighted by molar-refractivity contribution is -0.384. The molecule has 0 unspecified atom stereocenters. The number of nitro benzene ring substituents is 1. The molecule has 1 aliphatic heterocycles. The minimum Gasteiger partial charge on any atom is -0.482 e. The SMILES string of the molecule is O=C(CN1C(=O)COc2ccc([N+](=O)[O-])cc21)OCc1ccccc1F. The molecular formula is C17H13FN2O6. The van der Waals surface area contributed by atoms with Crippen LogP contribution in [0.5, 0.6) is 5.75 Å². The van der Waals surface area contributed by atoms with Crippen molar-refractivity contribution in [1.82, 2.24) is 0 Å². The average Bonchev–Trinajstić information content (AvgIpc) is 2.63. The van der Waals surface area contributed by atoms with Gasteiger partial charge in [0.1, 0.15) is 24.7 Å². The van der Waals surface area contributed by atoms with Crippen molar-refractivity contribution in [2.75, 3.05) is 18.1 Å². The Morgan fingerprint density at radius 1 is 1.31 bits per heavy atom. The number of rotatable bonds is 5. The van der Waals surface area contributed by atoms with Gasteiger partial charge in [-0.15, -0.1) is 0 Å². The third-order valence-electron chi connectivity index (χ3n) is 3.73. The summed E-state index contributed by atoms with van der Waals surface area (Å²) < 4.78 is 23.8. The number of non-ortho nitro benzene ring substituents is 1. The summed E-state index contributed by atoms with van der Waals surface area (Å²) in [6, 6.07) is 9.58. The zero-order valence-electron chi connectivity index (χ0n) is 13.4. The quantitative estimate of drug-likeness (QED) is 0.460. The van der Waals surface area contributed by atoms with Crippen molar-refractivity contribution >= 4 is 23.3 Å². The Hall–Kier alpha value is -3.49. The molecule has 1 aliphatic rings. The van der Waals surface area contributed by atoms with E-state index in [1.165, 1.54) is 30.3 Å². The van der Waals surface area contributed by atoms with Crippen LogP contribution in [0, 0.1) is 15.9 Å². The van der Waals surface area contributed by atoms with Gasteiger partial charge < -0.3 is 9.47 Å². The highest BCUT2D eigenvalue weighted by Gasteiger charge is 2.29. The number of halogens is 1. The predicted octanol–water partition coefficient (Wildman–Crippen LogP) is 2.20. The van der Waals surface area contributed by atoms with Crippen LogP contribution in [0.15, 0.2) is 42.5 Å². The van der Waals surface area contributed by atoms with E-state index in [0.717, 1.165) is 11.0 Å². The lowest BCUT2D eigenvalue weighted by Crippen LogP contribution is -2.42. The van der Waals surface area contributed by atoms with Crippen LogP contribution in [0.3, 0.4) is 0 Å². The van der Waals surface area contributed by atoms with E-state index in [4.69, 9.17) is 9.47 Å². The number of nitrogens with zero attached hydrogens (tertiary/aromatic N) is 2. The lowest BCUT2D eigenvalue weighted by atomic mass is 10.2. The average molecular weight is 360 g/mol. The molecule has 0 saturated heterocycles. The van der Waals surface area contributed by atoms with Gasteiger partial charge in [0.15, 0.2) is 6.61 Å². The van der Waals surface area contributed by atoms with Gasteiger partial charge in [0, 0.05) is 17.7 Å². The Bertz CT molecular complexity index is 885. The number of ether oxygens (including phenoxy) is 2. The van der Waals surface area contributed by atoms with Crippen molar-refractivity contribution < 1.29 is 28.4 Å². The van der Waals surface area contributed by atoms with Crippen LogP contribution < -0.4 is 9.64 Å². The normalized spacial score (nSPS) is 13.0. The molecule has 0 spiro atoms. The first-order chi connectivity index (χ1) is 12.5. The van der Waals surface area contributed by atoms with E-state index >= 15 is 0 Å². The zero-order chi connectivity index (χ0) is 18.7. The molecule has 2 aromatic rings. The van der Waals surface area contributed by atoms with E-state index in [0.29, 0.717) is 0 Å². The lowest BCUT2D eigenvalue weighted by Gasteiger charge is -2.28. The van der Waals surface area contributed by atoms with Gasteiger partial charge in [0.05, 0.1) is 10.6 Å². The van der Waals surface area contributed by atoms with Gasteiger partial charge in [-0.1, -0.05) is 18.2 Å². The third-order valence-corrected chi connectivity index (χ3v) is 3.73. The smallest absolute Gasteiger partial charge is 0.326 e. The second-order valence-corrected chi connectivity index (χ2v) is 5.43. The van der Waals surface area contributed by atoms with Gasteiger partial charge in [-0.2, -0.15) is 0 Å². The number of esters is 1. The van der Waals surface area contributed by atoms with Crippen LogP contribution in [-0.4, -0.2) is 30.0 Å².